The van der Waals surface area contributed by atoms with Gasteiger partial charge in [0.1, 0.15) is 6.04 Å². The molecular weight excluding hydrogens is 274 g/mol. The summed E-state index contributed by atoms with van der Waals surface area (Å²) in [6, 6.07) is 7.56. The molecule has 0 aromatic heterocycles. The van der Waals surface area contributed by atoms with Crippen LogP contribution < -0.4 is 0 Å². The van der Waals surface area contributed by atoms with Crippen LogP contribution in [0.25, 0.3) is 0 Å². The molecule has 2 rings (SSSR count). The molecule has 1 fully saturated rings. The SMILES string of the molecule is Cc1ccc(SCCC(=O)N2CCCC2C(=O)O)cc1. The summed E-state index contributed by atoms with van der Waals surface area (Å²) in [5.74, 6) is -0.248. The van der Waals surface area contributed by atoms with Crippen LogP contribution in [0.15, 0.2) is 29.2 Å². The van der Waals surface area contributed by atoms with Crippen LogP contribution in [-0.2, 0) is 9.59 Å². The number of rotatable bonds is 5. The molecule has 1 aromatic carbocycles. The molecule has 1 aromatic rings. The van der Waals surface area contributed by atoms with E-state index in [2.05, 4.69) is 0 Å². The zero-order valence-corrected chi connectivity index (χ0v) is 12.4. The Bertz CT molecular complexity index is 486. The molecule has 0 bridgehead atoms. The third-order valence-electron chi connectivity index (χ3n) is 3.46. The summed E-state index contributed by atoms with van der Waals surface area (Å²) < 4.78 is 0. The highest BCUT2D eigenvalue weighted by Crippen LogP contribution is 2.22. The Morgan fingerprint density at radius 1 is 1.35 bits per heavy atom. The molecule has 4 nitrogen and oxygen atoms in total. The Balaban J connectivity index is 1.80. The molecule has 0 spiro atoms. The summed E-state index contributed by atoms with van der Waals surface area (Å²) in [4.78, 5) is 25.7. The lowest BCUT2D eigenvalue weighted by molar-refractivity contribution is -0.148. The van der Waals surface area contributed by atoms with Crippen molar-refractivity contribution in [2.24, 2.45) is 0 Å². The highest BCUT2D eigenvalue weighted by molar-refractivity contribution is 7.99. The van der Waals surface area contributed by atoms with Crippen LogP contribution in [0, 0.1) is 6.92 Å². The maximum Gasteiger partial charge on any atom is 0.326 e. The van der Waals surface area contributed by atoms with Crippen molar-refractivity contribution in [3.8, 4) is 0 Å². The van der Waals surface area contributed by atoms with E-state index in [9.17, 15) is 9.59 Å². The first-order valence-electron chi connectivity index (χ1n) is 6.79. The third kappa shape index (κ3) is 3.76. The van der Waals surface area contributed by atoms with Crippen LogP contribution in [0.5, 0.6) is 0 Å². The fraction of sp³-hybridized carbons (Fsp3) is 0.467. The lowest BCUT2D eigenvalue weighted by atomic mass is 10.2. The van der Waals surface area contributed by atoms with Crippen molar-refractivity contribution in [3.05, 3.63) is 29.8 Å². The van der Waals surface area contributed by atoms with Crippen molar-refractivity contribution in [2.45, 2.75) is 37.1 Å². The third-order valence-corrected chi connectivity index (χ3v) is 4.48. The molecule has 0 saturated carbocycles. The minimum atomic E-state index is -0.887. The second kappa shape index (κ2) is 6.79. The van der Waals surface area contributed by atoms with E-state index in [0.717, 1.165) is 11.3 Å². The molecule has 20 heavy (non-hydrogen) atoms. The molecule has 5 heteroatoms. The molecule has 1 aliphatic rings. The number of likely N-dealkylation sites (tertiary alicyclic amines) is 1. The van der Waals surface area contributed by atoms with Gasteiger partial charge in [-0.1, -0.05) is 17.7 Å². The second-order valence-corrected chi connectivity index (χ2v) is 6.16. The fourth-order valence-corrected chi connectivity index (χ4v) is 3.20. The smallest absolute Gasteiger partial charge is 0.326 e. The van der Waals surface area contributed by atoms with Crippen LogP contribution in [0.2, 0.25) is 0 Å². The lowest BCUT2D eigenvalue weighted by Crippen LogP contribution is -2.40. The van der Waals surface area contributed by atoms with Crippen molar-refractivity contribution in [1.82, 2.24) is 4.90 Å². The van der Waals surface area contributed by atoms with Crippen LogP contribution in [-0.4, -0.2) is 40.2 Å². The minimum Gasteiger partial charge on any atom is -0.480 e. The van der Waals surface area contributed by atoms with Gasteiger partial charge >= 0.3 is 5.97 Å². The Labute approximate surface area is 123 Å². The van der Waals surface area contributed by atoms with Gasteiger partial charge in [0.05, 0.1) is 0 Å². The van der Waals surface area contributed by atoms with Gasteiger partial charge in [0, 0.05) is 23.6 Å². The van der Waals surface area contributed by atoms with Crippen molar-refractivity contribution in [3.63, 3.8) is 0 Å². The van der Waals surface area contributed by atoms with E-state index >= 15 is 0 Å². The van der Waals surface area contributed by atoms with Gasteiger partial charge in [-0.3, -0.25) is 4.79 Å². The van der Waals surface area contributed by atoms with E-state index < -0.39 is 12.0 Å². The second-order valence-electron chi connectivity index (χ2n) is 4.99. The van der Waals surface area contributed by atoms with Gasteiger partial charge in [-0.15, -0.1) is 11.8 Å². The highest BCUT2D eigenvalue weighted by Gasteiger charge is 2.33. The molecule has 0 aliphatic carbocycles. The van der Waals surface area contributed by atoms with Crippen LogP contribution >= 0.6 is 11.8 Å². The quantitative estimate of drug-likeness (QED) is 0.848. The molecule has 1 heterocycles. The number of nitrogens with zero attached hydrogens (tertiary/aromatic N) is 1. The molecule has 0 radical (unpaired) electrons. The summed E-state index contributed by atoms with van der Waals surface area (Å²) in [6.07, 6.45) is 1.75. The molecule has 1 amide bonds. The molecule has 108 valence electrons. The Morgan fingerprint density at radius 3 is 2.70 bits per heavy atom. The minimum absolute atomic E-state index is 0.0467. The first-order valence-corrected chi connectivity index (χ1v) is 7.78. The topological polar surface area (TPSA) is 57.6 Å². The predicted molar refractivity (Wildman–Crippen MR) is 78.9 cm³/mol. The summed E-state index contributed by atoms with van der Waals surface area (Å²) in [6.45, 7) is 2.61. The van der Waals surface area contributed by atoms with Gasteiger partial charge in [-0.05, 0) is 31.9 Å². The predicted octanol–water partition coefficient (Wildman–Crippen LogP) is 2.55. The van der Waals surface area contributed by atoms with Gasteiger partial charge < -0.3 is 10.0 Å². The van der Waals surface area contributed by atoms with Crippen molar-refractivity contribution in [2.75, 3.05) is 12.3 Å². The van der Waals surface area contributed by atoms with Gasteiger partial charge in [0.25, 0.3) is 0 Å². The number of thioether (sulfide) groups is 1. The number of benzene rings is 1. The maximum absolute atomic E-state index is 12.1. The first kappa shape index (κ1) is 14.9. The van der Waals surface area contributed by atoms with Crippen molar-refractivity contribution in [1.29, 1.82) is 0 Å². The maximum atomic E-state index is 12.1. The highest BCUT2D eigenvalue weighted by atomic mass is 32.2. The zero-order chi connectivity index (χ0) is 14.5. The van der Waals surface area contributed by atoms with Crippen molar-refractivity contribution >= 4 is 23.6 Å². The average Bonchev–Trinajstić information content (AvgIpc) is 2.90. The normalized spacial score (nSPS) is 18.2. The Morgan fingerprint density at radius 2 is 2.05 bits per heavy atom. The fourth-order valence-electron chi connectivity index (χ4n) is 2.36. The molecule has 1 saturated heterocycles. The van der Waals surface area contributed by atoms with Crippen LogP contribution in [0.1, 0.15) is 24.8 Å². The number of carboxylic acid groups (broad SMARTS) is 1. The van der Waals surface area contributed by atoms with Gasteiger partial charge in [-0.25, -0.2) is 4.79 Å². The first-order chi connectivity index (χ1) is 9.58. The van der Waals surface area contributed by atoms with Crippen LogP contribution in [0.3, 0.4) is 0 Å². The summed E-state index contributed by atoms with van der Waals surface area (Å²) >= 11 is 1.63. The number of carboxylic acids is 1. The van der Waals surface area contributed by atoms with E-state index in [4.69, 9.17) is 5.11 Å². The summed E-state index contributed by atoms with van der Waals surface area (Å²) in [5, 5.41) is 9.06. The molecular formula is C15H19NO3S. The molecule has 1 aliphatic heterocycles. The number of aliphatic carboxylic acids is 1. The van der Waals surface area contributed by atoms with E-state index in [-0.39, 0.29) is 5.91 Å². The lowest BCUT2D eigenvalue weighted by Gasteiger charge is -2.21. The number of carbonyl (C=O) groups is 2. The summed E-state index contributed by atoms with van der Waals surface area (Å²) in [5.41, 5.74) is 1.21. The number of amides is 1. The van der Waals surface area contributed by atoms with Gasteiger partial charge in [0.15, 0.2) is 0 Å². The van der Waals surface area contributed by atoms with E-state index in [1.807, 2.05) is 31.2 Å². The molecule has 1 N–H and O–H groups in total. The molecule has 1 atom stereocenters. The van der Waals surface area contributed by atoms with Gasteiger partial charge in [0.2, 0.25) is 5.91 Å². The molecule has 1 unspecified atom stereocenters. The van der Waals surface area contributed by atoms with E-state index in [0.29, 0.717) is 25.1 Å². The zero-order valence-electron chi connectivity index (χ0n) is 11.5. The Hall–Kier alpha value is -1.49. The van der Waals surface area contributed by atoms with Crippen LogP contribution in [0.4, 0.5) is 0 Å². The average molecular weight is 293 g/mol. The standard InChI is InChI=1S/C15H19NO3S/c1-11-4-6-12(7-5-11)20-10-8-14(17)16-9-2-3-13(16)15(18)19/h4-7,13H,2-3,8-10H2,1H3,(H,18,19). The summed E-state index contributed by atoms with van der Waals surface area (Å²) in [7, 11) is 0. The number of carbonyl (C=O) groups excluding carboxylic acids is 1. The number of hydrogen-bond acceptors (Lipinski definition) is 3. The Kier molecular flexibility index (Phi) is 5.06. The number of aryl methyl sites for hydroxylation is 1. The van der Waals surface area contributed by atoms with Crippen molar-refractivity contribution < 1.29 is 14.7 Å². The van der Waals surface area contributed by atoms with E-state index in [1.165, 1.54) is 10.5 Å². The van der Waals surface area contributed by atoms with E-state index in [1.54, 1.807) is 11.8 Å². The number of hydrogen-bond donors (Lipinski definition) is 1. The monoisotopic (exact) mass is 293 g/mol. The van der Waals surface area contributed by atoms with Gasteiger partial charge in [-0.2, -0.15) is 0 Å². The largest absolute Gasteiger partial charge is 0.480 e.